The average Bonchev–Trinajstić information content (AvgIpc) is 3.45. The molecule has 3 amide bonds. The second-order valence-corrected chi connectivity index (χ2v) is 10.8. The highest BCUT2D eigenvalue weighted by atomic mass is 16.2. The number of anilines is 1. The van der Waals surface area contributed by atoms with E-state index in [1.807, 2.05) is 30.9 Å². The monoisotopic (exact) mass is 543 g/mol. The largest absolute Gasteiger partial charge is 0.405 e. The minimum Gasteiger partial charge on any atom is -0.405 e. The zero-order valence-corrected chi connectivity index (χ0v) is 23.8. The summed E-state index contributed by atoms with van der Waals surface area (Å²) in [6.07, 6.45) is 7.72. The molecule has 0 radical (unpaired) electrons. The number of amides is 3. The Bertz CT molecular complexity index is 1280. The molecule has 2 aromatic rings. The maximum Gasteiger partial charge on any atom is 0.253 e. The van der Waals surface area contributed by atoms with Gasteiger partial charge in [0, 0.05) is 49.8 Å². The first-order chi connectivity index (χ1) is 19.3. The van der Waals surface area contributed by atoms with E-state index < -0.39 is 0 Å². The molecule has 0 bridgehead atoms. The van der Waals surface area contributed by atoms with E-state index in [0.29, 0.717) is 43.1 Å². The Morgan fingerprint density at radius 1 is 1.02 bits per heavy atom. The zero-order valence-electron chi connectivity index (χ0n) is 23.8. The number of likely N-dealkylation sites (tertiary alicyclic amines) is 1. The minimum absolute atomic E-state index is 0.00937. The number of carbonyl (C=O) groups is 3. The fourth-order valence-corrected chi connectivity index (χ4v) is 5.72. The lowest BCUT2D eigenvalue weighted by molar-refractivity contribution is -0.122. The summed E-state index contributed by atoms with van der Waals surface area (Å²) in [5.74, 6) is 0.211. The Kier molecular flexibility index (Phi) is 9.74. The molecule has 1 heterocycles. The molecule has 2 unspecified atom stereocenters. The fourth-order valence-electron chi connectivity index (χ4n) is 5.72. The van der Waals surface area contributed by atoms with Gasteiger partial charge in [-0.15, -0.1) is 0 Å². The van der Waals surface area contributed by atoms with Crippen molar-refractivity contribution in [3.05, 3.63) is 77.0 Å². The normalized spacial score (nSPS) is 20.1. The van der Waals surface area contributed by atoms with E-state index in [4.69, 9.17) is 5.73 Å². The minimum atomic E-state index is -0.146. The molecule has 1 aliphatic carbocycles. The number of hydrogen-bond acceptors (Lipinski definition) is 5. The summed E-state index contributed by atoms with van der Waals surface area (Å²) in [4.78, 5) is 44.3. The maximum atomic E-state index is 13.4. The number of allylic oxidation sites excluding steroid dienone is 1. The number of hydrogen-bond donors (Lipinski definition) is 3. The Labute approximate surface area is 237 Å². The van der Waals surface area contributed by atoms with E-state index in [2.05, 4.69) is 39.9 Å². The van der Waals surface area contributed by atoms with E-state index in [1.54, 1.807) is 19.2 Å². The summed E-state index contributed by atoms with van der Waals surface area (Å²) in [6.45, 7) is 5.13. The van der Waals surface area contributed by atoms with Gasteiger partial charge in [-0.25, -0.2) is 0 Å². The summed E-state index contributed by atoms with van der Waals surface area (Å²) in [6, 6.07) is 14.0. The van der Waals surface area contributed by atoms with Crippen LogP contribution in [0.5, 0.6) is 0 Å². The van der Waals surface area contributed by atoms with Crippen LogP contribution in [0.1, 0.15) is 78.4 Å². The van der Waals surface area contributed by atoms with Crippen LogP contribution in [0.4, 0.5) is 5.69 Å². The zero-order chi connectivity index (χ0) is 28.6. The molecule has 8 heteroatoms. The topological polar surface area (TPSA) is 117 Å². The van der Waals surface area contributed by atoms with Crippen molar-refractivity contribution in [3.8, 4) is 0 Å². The number of benzene rings is 2. The SMILES string of the molecule is CCC(=O)NC1CCC(C(=O)Nc2cc(C(=O)N3CCC(c4ccc(C(C=CN)=NC)cc4)CC3)ccc2C)C1. The van der Waals surface area contributed by atoms with Crippen LogP contribution in [-0.4, -0.2) is 54.5 Å². The van der Waals surface area contributed by atoms with Crippen LogP contribution in [0.3, 0.4) is 0 Å². The van der Waals surface area contributed by atoms with E-state index in [1.165, 1.54) is 11.8 Å². The van der Waals surface area contributed by atoms with E-state index in [9.17, 15) is 14.4 Å². The van der Waals surface area contributed by atoms with E-state index in [-0.39, 0.29) is 29.7 Å². The van der Waals surface area contributed by atoms with Gasteiger partial charge < -0.3 is 21.3 Å². The molecule has 2 atom stereocenters. The second kappa shape index (κ2) is 13.4. The Balaban J connectivity index is 1.33. The molecule has 0 aromatic heterocycles. The molecule has 1 saturated heterocycles. The molecule has 40 heavy (non-hydrogen) atoms. The van der Waals surface area contributed by atoms with Crippen LogP contribution >= 0.6 is 0 Å². The van der Waals surface area contributed by atoms with Crippen LogP contribution in [0.25, 0.3) is 0 Å². The molecule has 8 nitrogen and oxygen atoms in total. The molecule has 1 saturated carbocycles. The highest BCUT2D eigenvalue weighted by molar-refractivity contribution is 6.08. The molecule has 2 aliphatic rings. The summed E-state index contributed by atoms with van der Waals surface area (Å²) in [5.41, 5.74) is 10.8. The first kappa shape index (κ1) is 29.1. The van der Waals surface area contributed by atoms with Crippen molar-refractivity contribution in [2.45, 2.75) is 64.3 Å². The van der Waals surface area contributed by atoms with Crippen LogP contribution in [-0.2, 0) is 9.59 Å². The lowest BCUT2D eigenvalue weighted by atomic mass is 9.88. The summed E-state index contributed by atoms with van der Waals surface area (Å²) in [7, 11) is 1.75. The summed E-state index contributed by atoms with van der Waals surface area (Å²) < 4.78 is 0. The van der Waals surface area contributed by atoms with Crippen LogP contribution in [0.15, 0.2) is 59.7 Å². The molecular formula is C32H41N5O3. The summed E-state index contributed by atoms with van der Waals surface area (Å²) in [5, 5.41) is 6.05. The van der Waals surface area contributed by atoms with Gasteiger partial charge in [-0.2, -0.15) is 0 Å². The van der Waals surface area contributed by atoms with Crippen molar-refractivity contribution in [2.24, 2.45) is 16.6 Å². The third-order valence-electron chi connectivity index (χ3n) is 8.19. The van der Waals surface area contributed by atoms with Crippen molar-refractivity contribution in [1.82, 2.24) is 10.2 Å². The predicted octanol–water partition coefficient (Wildman–Crippen LogP) is 4.54. The van der Waals surface area contributed by atoms with Gasteiger partial charge in [0.1, 0.15) is 0 Å². The molecule has 1 aliphatic heterocycles. The molecular weight excluding hydrogens is 502 g/mol. The highest BCUT2D eigenvalue weighted by Gasteiger charge is 2.31. The molecule has 2 aromatic carbocycles. The van der Waals surface area contributed by atoms with Gasteiger partial charge in [-0.1, -0.05) is 37.3 Å². The van der Waals surface area contributed by atoms with Crippen molar-refractivity contribution >= 4 is 29.1 Å². The highest BCUT2D eigenvalue weighted by Crippen LogP contribution is 2.31. The van der Waals surface area contributed by atoms with Gasteiger partial charge in [0.05, 0.1) is 5.71 Å². The first-order valence-electron chi connectivity index (χ1n) is 14.3. The van der Waals surface area contributed by atoms with Gasteiger partial charge >= 0.3 is 0 Å². The van der Waals surface area contributed by atoms with Gasteiger partial charge in [0.25, 0.3) is 5.91 Å². The molecule has 4 N–H and O–H groups in total. The number of aryl methyl sites for hydroxylation is 1. The Morgan fingerprint density at radius 3 is 2.38 bits per heavy atom. The molecule has 212 valence electrons. The van der Waals surface area contributed by atoms with Gasteiger partial charge in [0.2, 0.25) is 11.8 Å². The van der Waals surface area contributed by atoms with E-state index in [0.717, 1.165) is 42.5 Å². The fraction of sp³-hybridized carbons (Fsp3) is 0.438. The lowest BCUT2D eigenvalue weighted by Crippen LogP contribution is -2.38. The second-order valence-electron chi connectivity index (χ2n) is 10.8. The maximum absolute atomic E-state index is 13.4. The third-order valence-corrected chi connectivity index (χ3v) is 8.19. The molecule has 4 rings (SSSR count). The van der Waals surface area contributed by atoms with Crippen LogP contribution < -0.4 is 16.4 Å². The number of piperidine rings is 1. The van der Waals surface area contributed by atoms with Crippen molar-refractivity contribution in [3.63, 3.8) is 0 Å². The van der Waals surface area contributed by atoms with Gasteiger partial charge in [-0.3, -0.25) is 19.4 Å². The van der Waals surface area contributed by atoms with Crippen molar-refractivity contribution in [2.75, 3.05) is 25.5 Å². The van der Waals surface area contributed by atoms with Crippen molar-refractivity contribution in [1.29, 1.82) is 0 Å². The van der Waals surface area contributed by atoms with Crippen LogP contribution in [0, 0.1) is 12.8 Å². The standard InChI is InChI=1S/C32H41N5O3/c1-4-30(38)35-27-12-11-25(19-27)31(39)36-29-20-26(6-5-21(29)2)32(40)37-17-14-23(15-18-37)22-7-9-24(10-8-22)28(34-3)13-16-33/h5-10,13,16,20,23,25,27H,4,11-12,14-15,17-19,33H2,1-3H3,(H,35,38)(H,36,39). The quantitative estimate of drug-likeness (QED) is 0.424. The van der Waals surface area contributed by atoms with Crippen LogP contribution in [0.2, 0.25) is 0 Å². The Morgan fingerprint density at radius 2 is 1.73 bits per heavy atom. The summed E-state index contributed by atoms with van der Waals surface area (Å²) >= 11 is 0. The number of rotatable bonds is 8. The molecule has 0 spiro atoms. The van der Waals surface area contributed by atoms with E-state index >= 15 is 0 Å². The first-order valence-corrected chi connectivity index (χ1v) is 14.3. The number of nitrogens with zero attached hydrogens (tertiary/aromatic N) is 2. The van der Waals surface area contributed by atoms with Gasteiger partial charge in [-0.05, 0) is 86.0 Å². The third kappa shape index (κ3) is 6.97. The smallest absolute Gasteiger partial charge is 0.253 e. The Hall–Kier alpha value is -3.94. The lowest BCUT2D eigenvalue weighted by Gasteiger charge is -2.32. The number of nitrogens with two attached hydrogens (primary N) is 1. The number of carbonyl (C=O) groups excluding carboxylic acids is 3. The average molecular weight is 544 g/mol. The number of aliphatic imine (C=N–C) groups is 1. The number of nitrogens with one attached hydrogen (secondary N) is 2. The molecule has 2 fully saturated rings. The van der Waals surface area contributed by atoms with Gasteiger partial charge in [0.15, 0.2) is 0 Å². The predicted molar refractivity (Wildman–Crippen MR) is 159 cm³/mol. The van der Waals surface area contributed by atoms with Crippen molar-refractivity contribution < 1.29 is 14.4 Å².